The van der Waals surface area contributed by atoms with Crippen molar-refractivity contribution < 1.29 is 0 Å². The summed E-state index contributed by atoms with van der Waals surface area (Å²) in [6, 6.07) is 22.4. The highest BCUT2D eigenvalue weighted by molar-refractivity contribution is 5.75. The highest BCUT2D eigenvalue weighted by Crippen LogP contribution is 2.40. The average Bonchev–Trinajstić information content (AvgIpc) is 3.36. The van der Waals surface area contributed by atoms with Gasteiger partial charge in [0.25, 0.3) is 0 Å². The first-order chi connectivity index (χ1) is 30.7. The van der Waals surface area contributed by atoms with Gasteiger partial charge in [0, 0.05) is 40.5 Å². The molecule has 310 valence electrons. The van der Waals surface area contributed by atoms with E-state index in [-0.39, 0.29) is 6.04 Å². The molecule has 2 nitrogen and oxygen atoms in total. The van der Waals surface area contributed by atoms with Crippen molar-refractivity contribution in [3.63, 3.8) is 0 Å². The van der Waals surface area contributed by atoms with Gasteiger partial charge in [-0.15, -0.1) is 0 Å². The van der Waals surface area contributed by atoms with Gasteiger partial charge in [0.05, 0.1) is 12.1 Å². The zero-order valence-corrected chi connectivity index (χ0v) is 36.1. The van der Waals surface area contributed by atoms with E-state index in [1.165, 1.54) is 68.2 Å². The molecule has 0 fully saturated rings. The van der Waals surface area contributed by atoms with Crippen molar-refractivity contribution >= 4 is 5.57 Å². The normalized spacial score (nSPS) is 26.6. The molecule has 0 saturated carbocycles. The third-order valence-corrected chi connectivity index (χ3v) is 14.0. The topological polar surface area (TPSA) is 6.48 Å². The van der Waals surface area contributed by atoms with E-state index in [1.54, 1.807) is 0 Å². The molecule has 8 aliphatic carbocycles. The molecule has 0 heterocycles. The van der Waals surface area contributed by atoms with Crippen LogP contribution in [0, 0.1) is 11.8 Å². The number of rotatable bonds is 11. The van der Waals surface area contributed by atoms with Gasteiger partial charge in [-0.2, -0.15) is 0 Å². The monoisotopic (exact) mass is 808 g/mol. The van der Waals surface area contributed by atoms with Crippen LogP contribution in [0.2, 0.25) is 0 Å². The van der Waals surface area contributed by atoms with Crippen LogP contribution in [-0.4, -0.2) is 21.9 Å². The molecule has 0 radical (unpaired) electrons. The van der Waals surface area contributed by atoms with Gasteiger partial charge < -0.3 is 9.80 Å². The maximum absolute atomic E-state index is 2.67. The van der Waals surface area contributed by atoms with E-state index in [0.29, 0.717) is 23.8 Å². The van der Waals surface area contributed by atoms with Crippen molar-refractivity contribution in [1.29, 1.82) is 0 Å². The second-order valence-corrected chi connectivity index (χ2v) is 17.9. The van der Waals surface area contributed by atoms with Gasteiger partial charge in [0.15, 0.2) is 0 Å². The first-order valence-corrected chi connectivity index (χ1v) is 23.5. The number of benzene rings is 2. The quantitative estimate of drug-likeness (QED) is 0.223. The van der Waals surface area contributed by atoms with Crippen molar-refractivity contribution in [2.45, 2.75) is 88.6 Å². The van der Waals surface area contributed by atoms with Crippen LogP contribution in [0.4, 0.5) is 0 Å². The lowest BCUT2D eigenvalue weighted by Gasteiger charge is -2.39. The van der Waals surface area contributed by atoms with E-state index in [4.69, 9.17) is 0 Å². The van der Waals surface area contributed by atoms with E-state index >= 15 is 0 Å². The van der Waals surface area contributed by atoms with Gasteiger partial charge in [-0.1, -0.05) is 176 Å². The standard InChI is InChI=1S/C60H60N2/c1-5-13-45(14-6-1)49-21-33-55(34-22-49)61(56-35-23-50(24-36-56)46-15-7-2-8-16-46)59-41-29-53(30-42-59)54-31-43-60(44-32-54)62(57-37-25-51(26-38-57)47-17-9-3-10-18-47)58-39-27-52(28-40-58)48-19-11-4-12-20-48/h1-3,5-11,13-17,19-23,25-27,29,31,33,35-37,39-41,43,47,50,52,55,57H,4,12,18,24,28,30,32,34,38,42,44H2. The summed E-state index contributed by atoms with van der Waals surface area (Å²) in [7, 11) is 0. The van der Waals surface area contributed by atoms with E-state index in [1.807, 2.05) is 0 Å². The predicted octanol–water partition coefficient (Wildman–Crippen LogP) is 15.0. The van der Waals surface area contributed by atoms with E-state index < -0.39 is 0 Å². The van der Waals surface area contributed by atoms with Gasteiger partial charge >= 0.3 is 0 Å². The minimum Gasteiger partial charge on any atom is -0.338 e. The summed E-state index contributed by atoms with van der Waals surface area (Å²) in [5.74, 6) is 1.39. The summed E-state index contributed by atoms with van der Waals surface area (Å²) in [6.07, 6.45) is 67.0. The Kier molecular flexibility index (Phi) is 12.2. The highest BCUT2D eigenvalue weighted by atomic mass is 15.2. The average molecular weight is 809 g/mol. The molecule has 10 rings (SSSR count). The molecule has 2 aromatic rings. The molecule has 0 aromatic heterocycles. The van der Waals surface area contributed by atoms with Crippen LogP contribution in [0.5, 0.6) is 0 Å². The summed E-state index contributed by atoms with van der Waals surface area (Å²) in [5.41, 5.74) is 15.4. The molecule has 0 spiro atoms. The second kappa shape index (κ2) is 18.9. The third-order valence-electron chi connectivity index (χ3n) is 14.0. The van der Waals surface area contributed by atoms with Crippen LogP contribution >= 0.6 is 0 Å². The molecule has 5 atom stereocenters. The van der Waals surface area contributed by atoms with E-state index in [2.05, 4.69) is 210 Å². The Bertz CT molecular complexity index is 2510. The number of nitrogens with zero attached hydrogens (tertiary/aromatic N) is 2. The fraction of sp³-hybridized carbons (Fsp3) is 0.267. The SMILES string of the molecule is C1=CCC(C2=CCC(N(C3=CCC(C4=CCCC=C4)C=C3)C3=CC=C(C4=CC=C(N(C5=CCC(c6ccccc6)C=C5)C5C=CC(c6ccccc6)=CC5)CC4)CC3)C=C2)C=C1. The van der Waals surface area contributed by atoms with Crippen molar-refractivity contribution in [3.8, 4) is 0 Å². The molecule has 2 aromatic carbocycles. The Labute approximate surface area is 370 Å². The van der Waals surface area contributed by atoms with Crippen LogP contribution in [0.25, 0.3) is 5.57 Å². The molecule has 0 aliphatic heterocycles. The second-order valence-electron chi connectivity index (χ2n) is 17.9. The molecular formula is C60H60N2. The van der Waals surface area contributed by atoms with E-state index in [0.717, 1.165) is 64.2 Å². The molecule has 0 saturated heterocycles. The first-order valence-electron chi connectivity index (χ1n) is 23.5. The van der Waals surface area contributed by atoms with Gasteiger partial charge in [-0.05, 0) is 134 Å². The lowest BCUT2D eigenvalue weighted by Crippen LogP contribution is -2.34. The Morgan fingerprint density at radius 3 is 1.58 bits per heavy atom. The fourth-order valence-electron chi connectivity index (χ4n) is 10.6. The summed E-state index contributed by atoms with van der Waals surface area (Å²) < 4.78 is 0. The van der Waals surface area contributed by atoms with E-state index in [9.17, 15) is 0 Å². The lowest BCUT2D eigenvalue weighted by atomic mass is 9.85. The summed E-state index contributed by atoms with van der Waals surface area (Å²) in [6.45, 7) is 0. The molecule has 8 aliphatic rings. The number of hydrogen-bond acceptors (Lipinski definition) is 2. The molecule has 0 N–H and O–H groups in total. The molecule has 0 amide bonds. The van der Waals surface area contributed by atoms with Crippen molar-refractivity contribution in [2.75, 3.05) is 0 Å². The molecule has 0 bridgehead atoms. The zero-order chi connectivity index (χ0) is 41.5. The fourth-order valence-corrected chi connectivity index (χ4v) is 10.6. The van der Waals surface area contributed by atoms with Crippen LogP contribution in [-0.2, 0) is 0 Å². The summed E-state index contributed by atoms with van der Waals surface area (Å²) in [4.78, 5) is 5.31. The van der Waals surface area contributed by atoms with Crippen LogP contribution in [0.1, 0.15) is 87.7 Å². The van der Waals surface area contributed by atoms with Gasteiger partial charge in [0.2, 0.25) is 0 Å². The number of hydrogen-bond donors (Lipinski definition) is 0. The molecule has 62 heavy (non-hydrogen) atoms. The Morgan fingerprint density at radius 2 is 1.05 bits per heavy atom. The van der Waals surface area contributed by atoms with Crippen molar-refractivity contribution in [1.82, 2.24) is 9.80 Å². The smallest absolute Gasteiger partial charge is 0.0557 e. The Hall–Kier alpha value is -6.12. The minimum absolute atomic E-state index is 0.281. The number of allylic oxidation sites excluding steroid dienone is 26. The first kappa shape index (κ1) is 40.0. The van der Waals surface area contributed by atoms with Crippen LogP contribution in [0.15, 0.2) is 245 Å². The predicted molar refractivity (Wildman–Crippen MR) is 261 cm³/mol. The highest BCUT2D eigenvalue weighted by Gasteiger charge is 2.29. The van der Waals surface area contributed by atoms with Crippen LogP contribution in [0.3, 0.4) is 0 Å². The van der Waals surface area contributed by atoms with Crippen LogP contribution < -0.4 is 0 Å². The Morgan fingerprint density at radius 1 is 0.419 bits per heavy atom. The molecule has 5 unspecified atom stereocenters. The molecule has 2 heteroatoms. The lowest BCUT2D eigenvalue weighted by molar-refractivity contribution is 0.351. The maximum atomic E-state index is 2.67. The van der Waals surface area contributed by atoms with Gasteiger partial charge in [-0.25, -0.2) is 0 Å². The van der Waals surface area contributed by atoms with Gasteiger partial charge in [0.1, 0.15) is 0 Å². The maximum Gasteiger partial charge on any atom is 0.0557 e. The summed E-state index contributed by atoms with van der Waals surface area (Å²) in [5, 5.41) is 0. The van der Waals surface area contributed by atoms with Gasteiger partial charge in [-0.3, -0.25) is 0 Å². The molecular weight excluding hydrogens is 749 g/mol. The van der Waals surface area contributed by atoms with Crippen molar-refractivity contribution in [2.24, 2.45) is 11.8 Å². The minimum atomic E-state index is 0.281. The third kappa shape index (κ3) is 8.93. The Balaban J connectivity index is 0.891. The largest absolute Gasteiger partial charge is 0.338 e. The zero-order valence-electron chi connectivity index (χ0n) is 36.1. The summed E-state index contributed by atoms with van der Waals surface area (Å²) >= 11 is 0. The van der Waals surface area contributed by atoms with Crippen molar-refractivity contribution in [3.05, 3.63) is 257 Å².